The molecule has 0 saturated carbocycles. The molecule has 2 rings (SSSR count). The number of rotatable bonds is 4. The molecule has 0 N–H and O–H groups in total. The lowest BCUT2D eigenvalue weighted by Gasteiger charge is -2.17. The van der Waals surface area contributed by atoms with Crippen LogP contribution in [0.3, 0.4) is 0 Å². The Hall–Kier alpha value is -2.67. The first-order valence-electron chi connectivity index (χ1n) is 6.36. The summed E-state index contributed by atoms with van der Waals surface area (Å²) >= 11 is 0. The molecule has 0 aliphatic heterocycles. The zero-order valence-corrected chi connectivity index (χ0v) is 11.3. The molecule has 0 fully saturated rings. The van der Waals surface area contributed by atoms with E-state index in [4.69, 9.17) is 5.26 Å². The highest BCUT2D eigenvalue weighted by Gasteiger charge is 2.12. The van der Waals surface area contributed by atoms with Crippen LogP contribution in [0.4, 0.5) is 0 Å². The van der Waals surface area contributed by atoms with Crippen LogP contribution in [0.2, 0.25) is 0 Å². The van der Waals surface area contributed by atoms with Crippen molar-refractivity contribution in [2.45, 2.75) is 6.42 Å². The van der Waals surface area contributed by atoms with Gasteiger partial charge < -0.3 is 4.90 Å². The summed E-state index contributed by atoms with van der Waals surface area (Å²) in [5.41, 5.74) is 1.94. The number of aromatic nitrogens is 1. The molecule has 4 heteroatoms. The van der Waals surface area contributed by atoms with Crippen molar-refractivity contribution in [3.05, 3.63) is 65.5 Å². The van der Waals surface area contributed by atoms with Crippen molar-refractivity contribution in [1.29, 1.82) is 5.26 Å². The molecule has 0 unspecified atom stereocenters. The van der Waals surface area contributed by atoms with E-state index in [0.29, 0.717) is 12.1 Å². The Bertz CT molecular complexity index is 632. The first-order chi connectivity index (χ1) is 9.70. The third kappa shape index (κ3) is 3.42. The van der Waals surface area contributed by atoms with Gasteiger partial charge in [-0.3, -0.25) is 4.79 Å². The molecule has 0 radical (unpaired) electrons. The highest BCUT2D eigenvalue weighted by atomic mass is 16.2. The van der Waals surface area contributed by atoms with E-state index >= 15 is 0 Å². The summed E-state index contributed by atoms with van der Waals surface area (Å²) in [7, 11) is 1.76. The Kier molecular flexibility index (Phi) is 4.46. The van der Waals surface area contributed by atoms with Gasteiger partial charge in [-0.2, -0.15) is 5.26 Å². The van der Waals surface area contributed by atoms with Crippen molar-refractivity contribution in [2.75, 3.05) is 13.6 Å². The fourth-order valence-electron chi connectivity index (χ4n) is 1.89. The molecule has 1 aromatic heterocycles. The smallest absolute Gasteiger partial charge is 0.253 e. The summed E-state index contributed by atoms with van der Waals surface area (Å²) in [5, 5.41) is 8.80. The lowest BCUT2D eigenvalue weighted by molar-refractivity contribution is 0.0796. The van der Waals surface area contributed by atoms with Gasteiger partial charge in [0.15, 0.2) is 0 Å². The molecule has 100 valence electrons. The predicted octanol–water partition coefficient (Wildman–Crippen LogP) is 2.27. The highest BCUT2D eigenvalue weighted by molar-refractivity contribution is 5.94. The number of benzene rings is 1. The van der Waals surface area contributed by atoms with E-state index in [9.17, 15) is 4.79 Å². The Balaban J connectivity index is 2.00. The molecular formula is C16H15N3O. The van der Waals surface area contributed by atoms with Gasteiger partial charge in [-0.1, -0.05) is 30.3 Å². The molecule has 4 nitrogen and oxygen atoms in total. The normalized spacial score (nSPS) is 9.80. The lowest BCUT2D eigenvalue weighted by atomic mass is 10.1. The average molecular weight is 265 g/mol. The average Bonchev–Trinajstić information content (AvgIpc) is 2.53. The second-order valence-corrected chi connectivity index (χ2v) is 4.50. The van der Waals surface area contributed by atoms with Crippen molar-refractivity contribution in [3.63, 3.8) is 0 Å². The number of hydrogen-bond acceptors (Lipinski definition) is 3. The minimum absolute atomic E-state index is 0.0974. The fourth-order valence-corrected chi connectivity index (χ4v) is 1.89. The van der Waals surface area contributed by atoms with Crippen LogP contribution >= 0.6 is 0 Å². The molecule has 1 heterocycles. The number of amides is 1. The largest absolute Gasteiger partial charge is 0.341 e. The molecule has 0 saturated heterocycles. The molecule has 2 aromatic rings. The summed E-state index contributed by atoms with van der Waals surface area (Å²) in [6, 6.07) is 15.1. The molecule has 0 aliphatic rings. The van der Waals surface area contributed by atoms with Crippen molar-refractivity contribution in [1.82, 2.24) is 9.88 Å². The van der Waals surface area contributed by atoms with Gasteiger partial charge in [0.25, 0.3) is 5.91 Å². The number of pyridine rings is 1. The Labute approximate surface area is 118 Å². The number of nitriles is 1. The fraction of sp³-hybridized carbons (Fsp3) is 0.188. The molecule has 20 heavy (non-hydrogen) atoms. The van der Waals surface area contributed by atoms with E-state index < -0.39 is 0 Å². The van der Waals surface area contributed by atoms with Crippen molar-refractivity contribution >= 4 is 5.91 Å². The van der Waals surface area contributed by atoms with Gasteiger partial charge in [-0.15, -0.1) is 0 Å². The topological polar surface area (TPSA) is 57.0 Å². The maximum Gasteiger partial charge on any atom is 0.253 e. The van der Waals surface area contributed by atoms with Crippen LogP contribution in [0, 0.1) is 11.3 Å². The molecule has 0 aliphatic carbocycles. The lowest BCUT2D eigenvalue weighted by Crippen LogP contribution is -2.28. The van der Waals surface area contributed by atoms with Crippen LogP contribution in [0.1, 0.15) is 21.6 Å². The first-order valence-corrected chi connectivity index (χ1v) is 6.36. The third-order valence-electron chi connectivity index (χ3n) is 3.05. The summed E-state index contributed by atoms with van der Waals surface area (Å²) in [6.07, 6.45) is 2.29. The van der Waals surface area contributed by atoms with E-state index in [2.05, 4.69) is 4.98 Å². The van der Waals surface area contributed by atoms with Crippen molar-refractivity contribution in [3.8, 4) is 6.07 Å². The quantitative estimate of drug-likeness (QED) is 0.852. The number of carbonyl (C=O) groups is 1. The van der Waals surface area contributed by atoms with Gasteiger partial charge in [0, 0.05) is 25.4 Å². The van der Waals surface area contributed by atoms with Crippen LogP contribution < -0.4 is 0 Å². The van der Waals surface area contributed by atoms with Gasteiger partial charge >= 0.3 is 0 Å². The predicted molar refractivity (Wildman–Crippen MR) is 76.1 cm³/mol. The monoisotopic (exact) mass is 265 g/mol. The zero-order valence-electron chi connectivity index (χ0n) is 11.3. The summed E-state index contributed by atoms with van der Waals surface area (Å²) in [5.74, 6) is -0.0974. The number of likely N-dealkylation sites (N-methyl/N-ethyl adjacent to an activating group) is 1. The van der Waals surface area contributed by atoms with Gasteiger partial charge in [0.2, 0.25) is 0 Å². The van der Waals surface area contributed by atoms with E-state index in [-0.39, 0.29) is 11.6 Å². The van der Waals surface area contributed by atoms with Gasteiger partial charge in [0.1, 0.15) is 11.8 Å². The minimum atomic E-state index is -0.0974. The Morgan fingerprint density at radius 1 is 1.30 bits per heavy atom. The third-order valence-corrected chi connectivity index (χ3v) is 3.05. The van der Waals surface area contributed by atoms with Crippen LogP contribution in [0.15, 0.2) is 48.7 Å². The van der Waals surface area contributed by atoms with Crippen molar-refractivity contribution < 1.29 is 4.79 Å². The maximum atomic E-state index is 12.2. The number of hydrogen-bond donors (Lipinski definition) is 0. The first kappa shape index (κ1) is 13.8. The SMILES string of the molecule is CN(CCc1ccccc1)C(=O)c1ccnc(C#N)c1. The zero-order chi connectivity index (χ0) is 14.4. The van der Waals surface area contributed by atoms with Crippen molar-refractivity contribution in [2.24, 2.45) is 0 Å². The van der Waals surface area contributed by atoms with E-state index in [1.54, 1.807) is 18.0 Å². The van der Waals surface area contributed by atoms with E-state index in [0.717, 1.165) is 6.42 Å². The van der Waals surface area contributed by atoms with E-state index in [1.165, 1.54) is 17.8 Å². The highest BCUT2D eigenvalue weighted by Crippen LogP contribution is 2.06. The van der Waals surface area contributed by atoms with E-state index in [1.807, 2.05) is 36.4 Å². The van der Waals surface area contributed by atoms with Crippen LogP contribution in [-0.2, 0) is 6.42 Å². The van der Waals surface area contributed by atoms with Crippen LogP contribution in [-0.4, -0.2) is 29.4 Å². The maximum absolute atomic E-state index is 12.2. The van der Waals surface area contributed by atoms with Gasteiger partial charge in [-0.05, 0) is 24.1 Å². The Morgan fingerprint density at radius 2 is 2.05 bits per heavy atom. The number of carbonyl (C=O) groups excluding carboxylic acids is 1. The summed E-state index contributed by atoms with van der Waals surface area (Å²) < 4.78 is 0. The summed E-state index contributed by atoms with van der Waals surface area (Å²) in [4.78, 5) is 17.7. The molecule has 0 bridgehead atoms. The summed E-state index contributed by atoms with van der Waals surface area (Å²) in [6.45, 7) is 0.632. The number of nitrogens with zero attached hydrogens (tertiary/aromatic N) is 3. The van der Waals surface area contributed by atoms with Gasteiger partial charge in [-0.25, -0.2) is 4.98 Å². The molecule has 0 atom stereocenters. The second kappa shape index (κ2) is 6.48. The second-order valence-electron chi connectivity index (χ2n) is 4.50. The van der Waals surface area contributed by atoms with Gasteiger partial charge in [0.05, 0.1) is 0 Å². The molecular weight excluding hydrogens is 250 g/mol. The standard InChI is InChI=1S/C16H15N3O/c1-19(10-8-13-5-3-2-4-6-13)16(20)14-7-9-18-15(11-14)12-17/h2-7,9,11H,8,10H2,1H3. The Morgan fingerprint density at radius 3 is 2.75 bits per heavy atom. The minimum Gasteiger partial charge on any atom is -0.341 e. The molecule has 1 aromatic carbocycles. The van der Waals surface area contributed by atoms with Crippen LogP contribution in [0.5, 0.6) is 0 Å². The van der Waals surface area contributed by atoms with Crippen LogP contribution in [0.25, 0.3) is 0 Å². The molecule has 0 spiro atoms. The molecule has 1 amide bonds.